The van der Waals surface area contributed by atoms with Gasteiger partial charge in [0.05, 0.1) is 7.11 Å². The van der Waals surface area contributed by atoms with Gasteiger partial charge in [-0.05, 0) is 37.2 Å². The third-order valence-corrected chi connectivity index (χ3v) is 3.12. The van der Waals surface area contributed by atoms with Crippen molar-refractivity contribution in [3.05, 3.63) is 23.8 Å². The number of nitrogens with zero attached hydrogens (tertiary/aromatic N) is 1. The van der Waals surface area contributed by atoms with Crippen LogP contribution in [0.25, 0.3) is 0 Å². The average Bonchev–Trinajstić information content (AvgIpc) is 2.38. The summed E-state index contributed by atoms with van der Waals surface area (Å²) in [5.74, 6) is 0.362. The molecule has 0 heterocycles. The lowest BCUT2D eigenvalue weighted by Crippen LogP contribution is -2.37. The molecule has 4 nitrogen and oxygen atoms in total. The van der Waals surface area contributed by atoms with E-state index in [4.69, 9.17) is 4.74 Å². The van der Waals surface area contributed by atoms with Crippen LogP contribution in [0.1, 0.15) is 19.4 Å². The number of methoxy groups -OCH3 is 1. The number of hydrogen-bond donors (Lipinski definition) is 1. The summed E-state index contributed by atoms with van der Waals surface area (Å²) < 4.78 is 34.1. The topological polar surface area (TPSA) is 33.7 Å². The molecule has 22 heavy (non-hydrogen) atoms. The van der Waals surface area contributed by atoms with E-state index in [1.54, 1.807) is 12.1 Å². The molecule has 1 N–H and O–H groups in total. The van der Waals surface area contributed by atoms with Crippen molar-refractivity contribution in [2.75, 3.05) is 34.3 Å². The Morgan fingerprint density at radius 2 is 1.91 bits per heavy atom. The fourth-order valence-corrected chi connectivity index (χ4v) is 2.47. The number of halogens is 2. The second kappa shape index (κ2) is 8.29. The van der Waals surface area contributed by atoms with Crippen LogP contribution in [0.15, 0.2) is 18.2 Å². The van der Waals surface area contributed by atoms with Crippen LogP contribution in [0.4, 0.5) is 8.78 Å². The molecule has 1 rings (SSSR count). The third kappa shape index (κ3) is 6.58. The Morgan fingerprint density at radius 3 is 2.45 bits per heavy atom. The second-order valence-corrected chi connectivity index (χ2v) is 6.37. The van der Waals surface area contributed by atoms with Crippen molar-refractivity contribution in [3.63, 3.8) is 0 Å². The fraction of sp³-hybridized carbons (Fsp3) is 0.625. The first-order valence-electron chi connectivity index (χ1n) is 7.21. The standard InChI is InChI=1S/C16H26F2N2O2/c1-16(2,11-20(3)4)10-19-9-12-6-7-13(22-15(17)18)14(8-12)21-5/h6-8,15,19H,9-11H2,1-5H3. The van der Waals surface area contributed by atoms with Gasteiger partial charge in [0.2, 0.25) is 0 Å². The van der Waals surface area contributed by atoms with Gasteiger partial charge in [0.1, 0.15) is 0 Å². The second-order valence-electron chi connectivity index (χ2n) is 6.37. The van der Waals surface area contributed by atoms with Gasteiger partial charge in [0.15, 0.2) is 11.5 Å². The molecule has 0 saturated heterocycles. The number of ether oxygens (including phenoxy) is 2. The Labute approximate surface area is 131 Å². The Morgan fingerprint density at radius 1 is 1.23 bits per heavy atom. The number of rotatable bonds is 9. The lowest BCUT2D eigenvalue weighted by atomic mass is 9.93. The van der Waals surface area contributed by atoms with Gasteiger partial charge in [-0.25, -0.2) is 0 Å². The summed E-state index contributed by atoms with van der Waals surface area (Å²) >= 11 is 0. The van der Waals surface area contributed by atoms with Gasteiger partial charge < -0.3 is 19.7 Å². The van der Waals surface area contributed by atoms with Gasteiger partial charge in [-0.1, -0.05) is 19.9 Å². The van der Waals surface area contributed by atoms with Crippen molar-refractivity contribution in [1.29, 1.82) is 0 Å². The summed E-state index contributed by atoms with van der Waals surface area (Å²) in [7, 11) is 5.54. The van der Waals surface area contributed by atoms with Crippen LogP contribution in [-0.2, 0) is 6.54 Å². The maximum Gasteiger partial charge on any atom is 0.387 e. The zero-order valence-electron chi connectivity index (χ0n) is 14.0. The first kappa shape index (κ1) is 18.6. The molecular formula is C16H26F2N2O2. The minimum absolute atomic E-state index is 0.0502. The molecule has 0 atom stereocenters. The predicted octanol–water partition coefficient (Wildman–Crippen LogP) is 2.97. The minimum Gasteiger partial charge on any atom is -0.493 e. The van der Waals surface area contributed by atoms with Crippen molar-refractivity contribution in [2.45, 2.75) is 27.0 Å². The zero-order valence-corrected chi connectivity index (χ0v) is 14.0. The fourth-order valence-electron chi connectivity index (χ4n) is 2.47. The van der Waals surface area contributed by atoms with Gasteiger partial charge in [0.25, 0.3) is 0 Å². The molecule has 0 saturated carbocycles. The highest BCUT2D eigenvalue weighted by atomic mass is 19.3. The summed E-state index contributed by atoms with van der Waals surface area (Å²) in [6, 6.07) is 4.98. The summed E-state index contributed by atoms with van der Waals surface area (Å²) in [6.07, 6.45) is 0. The molecule has 1 aromatic rings. The minimum atomic E-state index is -2.86. The summed E-state index contributed by atoms with van der Waals surface area (Å²) in [5.41, 5.74) is 1.10. The van der Waals surface area contributed by atoms with Crippen LogP contribution in [0.2, 0.25) is 0 Å². The molecule has 0 amide bonds. The molecular weight excluding hydrogens is 290 g/mol. The quantitative estimate of drug-likeness (QED) is 0.759. The Hall–Kier alpha value is -1.40. The number of benzene rings is 1. The van der Waals surface area contributed by atoms with E-state index in [0.717, 1.165) is 18.7 Å². The van der Waals surface area contributed by atoms with E-state index in [9.17, 15) is 8.78 Å². The van der Waals surface area contributed by atoms with E-state index in [-0.39, 0.29) is 11.2 Å². The molecule has 0 spiro atoms. The number of hydrogen-bond acceptors (Lipinski definition) is 4. The van der Waals surface area contributed by atoms with Crippen LogP contribution in [0.3, 0.4) is 0 Å². The molecule has 0 aliphatic carbocycles. The lowest BCUT2D eigenvalue weighted by molar-refractivity contribution is -0.0512. The third-order valence-electron chi connectivity index (χ3n) is 3.12. The largest absolute Gasteiger partial charge is 0.493 e. The van der Waals surface area contributed by atoms with Gasteiger partial charge in [-0.2, -0.15) is 8.78 Å². The van der Waals surface area contributed by atoms with Crippen LogP contribution in [-0.4, -0.2) is 45.8 Å². The van der Waals surface area contributed by atoms with Crippen LogP contribution in [0.5, 0.6) is 11.5 Å². The van der Waals surface area contributed by atoms with Gasteiger partial charge in [0, 0.05) is 19.6 Å². The van der Waals surface area contributed by atoms with Crippen molar-refractivity contribution in [3.8, 4) is 11.5 Å². The van der Waals surface area contributed by atoms with E-state index in [1.165, 1.54) is 13.2 Å². The Bertz CT molecular complexity index is 465. The predicted molar refractivity (Wildman–Crippen MR) is 83.7 cm³/mol. The van der Waals surface area contributed by atoms with Crippen LogP contribution >= 0.6 is 0 Å². The zero-order chi connectivity index (χ0) is 16.8. The lowest BCUT2D eigenvalue weighted by Gasteiger charge is -2.28. The molecule has 126 valence electrons. The molecule has 0 aliphatic heterocycles. The number of alkyl halides is 2. The van der Waals surface area contributed by atoms with E-state index in [0.29, 0.717) is 12.3 Å². The maximum atomic E-state index is 12.3. The summed E-state index contributed by atoms with van der Waals surface area (Å²) in [4.78, 5) is 2.15. The Kier molecular flexibility index (Phi) is 7.03. The monoisotopic (exact) mass is 316 g/mol. The first-order chi connectivity index (χ1) is 10.2. The molecule has 0 bridgehead atoms. The van der Waals surface area contributed by atoms with Gasteiger partial charge in [-0.3, -0.25) is 0 Å². The highest BCUT2D eigenvalue weighted by Crippen LogP contribution is 2.29. The van der Waals surface area contributed by atoms with Gasteiger partial charge in [-0.15, -0.1) is 0 Å². The van der Waals surface area contributed by atoms with Crippen molar-refractivity contribution in [2.24, 2.45) is 5.41 Å². The van der Waals surface area contributed by atoms with E-state index >= 15 is 0 Å². The van der Waals surface area contributed by atoms with Gasteiger partial charge >= 0.3 is 6.61 Å². The molecule has 0 unspecified atom stereocenters. The molecule has 0 radical (unpaired) electrons. The SMILES string of the molecule is COc1cc(CNCC(C)(C)CN(C)C)ccc1OC(F)F. The van der Waals surface area contributed by atoms with Crippen molar-refractivity contribution < 1.29 is 18.3 Å². The Balaban J connectivity index is 2.60. The van der Waals surface area contributed by atoms with E-state index < -0.39 is 6.61 Å². The maximum absolute atomic E-state index is 12.3. The molecule has 6 heteroatoms. The normalized spacial score (nSPS) is 12.0. The van der Waals surface area contributed by atoms with Crippen molar-refractivity contribution in [1.82, 2.24) is 10.2 Å². The van der Waals surface area contributed by atoms with E-state index in [1.807, 2.05) is 14.1 Å². The molecule has 0 fully saturated rings. The number of nitrogens with one attached hydrogen (secondary N) is 1. The highest BCUT2D eigenvalue weighted by Gasteiger charge is 2.18. The summed E-state index contributed by atoms with van der Waals surface area (Å²) in [6.45, 7) is 4.00. The molecule has 0 aromatic heterocycles. The molecule has 0 aliphatic rings. The summed E-state index contributed by atoms with van der Waals surface area (Å²) in [5, 5.41) is 3.39. The molecule has 1 aromatic carbocycles. The average molecular weight is 316 g/mol. The van der Waals surface area contributed by atoms with E-state index in [2.05, 4.69) is 28.8 Å². The first-order valence-corrected chi connectivity index (χ1v) is 7.21. The van der Waals surface area contributed by atoms with Crippen molar-refractivity contribution >= 4 is 0 Å². The highest BCUT2D eigenvalue weighted by molar-refractivity contribution is 5.42. The smallest absolute Gasteiger partial charge is 0.387 e. The van der Waals surface area contributed by atoms with Crippen LogP contribution < -0.4 is 14.8 Å². The van der Waals surface area contributed by atoms with Crippen LogP contribution in [0, 0.1) is 5.41 Å².